The summed E-state index contributed by atoms with van der Waals surface area (Å²) in [5, 5.41) is 12.9. The van der Waals surface area contributed by atoms with E-state index >= 15 is 0 Å². The van der Waals surface area contributed by atoms with Crippen LogP contribution < -0.4 is 0 Å². The van der Waals surface area contributed by atoms with Gasteiger partial charge in [-0.05, 0) is 59.9 Å². The number of piperidine rings is 1. The van der Waals surface area contributed by atoms with E-state index in [4.69, 9.17) is 11.6 Å². The molecule has 1 aliphatic rings. The van der Waals surface area contributed by atoms with Crippen molar-refractivity contribution in [3.63, 3.8) is 0 Å². The minimum absolute atomic E-state index is 0.147. The molecule has 0 saturated carbocycles. The molecule has 0 bridgehead atoms. The molecular formula is C17H22ClN5OS. The van der Waals surface area contributed by atoms with E-state index in [2.05, 4.69) is 29.4 Å². The van der Waals surface area contributed by atoms with Gasteiger partial charge in [0, 0.05) is 18.1 Å². The lowest BCUT2D eigenvalue weighted by Gasteiger charge is -2.36. The second-order valence-electron chi connectivity index (χ2n) is 6.80. The van der Waals surface area contributed by atoms with Gasteiger partial charge in [-0.1, -0.05) is 37.2 Å². The maximum absolute atomic E-state index is 12.8. The summed E-state index contributed by atoms with van der Waals surface area (Å²) in [5.41, 5.74) is 0.816. The number of thioether (sulfide) groups is 1. The van der Waals surface area contributed by atoms with Crippen molar-refractivity contribution in [2.75, 3.05) is 13.1 Å². The summed E-state index contributed by atoms with van der Waals surface area (Å²) in [6.07, 6.45) is 1.18. The zero-order valence-electron chi connectivity index (χ0n) is 14.6. The zero-order valence-corrected chi connectivity index (χ0v) is 16.2. The molecule has 2 aromatic rings. The maximum atomic E-state index is 12.8. The first kappa shape index (κ1) is 18.2. The van der Waals surface area contributed by atoms with Gasteiger partial charge in [-0.2, -0.15) is 4.68 Å². The van der Waals surface area contributed by atoms with Crippen molar-refractivity contribution in [2.24, 2.45) is 11.8 Å². The average molecular weight is 380 g/mol. The molecule has 1 saturated heterocycles. The lowest BCUT2D eigenvalue weighted by molar-refractivity contribution is -0.132. The molecule has 3 rings (SSSR count). The van der Waals surface area contributed by atoms with Gasteiger partial charge in [0.25, 0.3) is 0 Å². The molecule has 0 spiro atoms. The molecule has 8 heteroatoms. The van der Waals surface area contributed by atoms with Crippen LogP contribution in [0.25, 0.3) is 5.69 Å². The van der Waals surface area contributed by atoms with Crippen molar-refractivity contribution in [3.8, 4) is 5.69 Å². The molecule has 6 nitrogen and oxygen atoms in total. The fourth-order valence-corrected chi connectivity index (χ4v) is 4.32. The molecule has 1 amide bonds. The topological polar surface area (TPSA) is 63.9 Å². The average Bonchev–Trinajstić information content (AvgIpc) is 3.02. The van der Waals surface area contributed by atoms with Gasteiger partial charge in [0.2, 0.25) is 11.1 Å². The SMILES string of the molecule is C[C@@H]1C[C@H](C)CN(C(=O)[C@@H](C)Sc2nnnn2-c2ccc(Cl)cc2)C1. The van der Waals surface area contributed by atoms with E-state index in [1.165, 1.54) is 18.2 Å². The standard InChI is InChI=1S/C17H22ClN5OS/c1-11-8-12(2)10-22(9-11)16(24)13(3)25-17-19-20-21-23(17)15-6-4-14(18)5-7-15/h4-7,11-13H,8-10H2,1-3H3/t11-,12+,13-/m1/s1. The van der Waals surface area contributed by atoms with E-state index in [-0.39, 0.29) is 11.2 Å². The molecular weight excluding hydrogens is 358 g/mol. The van der Waals surface area contributed by atoms with Crippen molar-refractivity contribution in [1.82, 2.24) is 25.1 Å². The van der Waals surface area contributed by atoms with Crippen LogP contribution in [0.4, 0.5) is 0 Å². The van der Waals surface area contributed by atoms with E-state index in [1.54, 1.807) is 16.8 Å². The van der Waals surface area contributed by atoms with Crippen molar-refractivity contribution >= 4 is 29.3 Å². The van der Waals surface area contributed by atoms with Crippen LogP contribution in [0.3, 0.4) is 0 Å². The van der Waals surface area contributed by atoms with Crippen LogP contribution in [0.1, 0.15) is 27.2 Å². The summed E-state index contributed by atoms with van der Waals surface area (Å²) in [4.78, 5) is 14.8. The Morgan fingerprint density at radius 1 is 1.24 bits per heavy atom. The van der Waals surface area contributed by atoms with Gasteiger partial charge in [-0.15, -0.1) is 5.10 Å². The fraction of sp³-hybridized carbons (Fsp3) is 0.529. The van der Waals surface area contributed by atoms with Gasteiger partial charge in [-0.25, -0.2) is 0 Å². The van der Waals surface area contributed by atoms with Gasteiger partial charge >= 0.3 is 0 Å². The van der Waals surface area contributed by atoms with Crippen molar-refractivity contribution in [1.29, 1.82) is 0 Å². The van der Waals surface area contributed by atoms with Crippen LogP contribution in [-0.4, -0.2) is 49.4 Å². The van der Waals surface area contributed by atoms with Crippen LogP contribution in [0.15, 0.2) is 29.4 Å². The number of halogens is 1. The lowest BCUT2D eigenvalue weighted by Crippen LogP contribution is -2.45. The second kappa shape index (κ2) is 7.74. The van der Waals surface area contributed by atoms with E-state index in [9.17, 15) is 4.79 Å². The smallest absolute Gasteiger partial charge is 0.235 e. The third-order valence-corrected chi connectivity index (χ3v) is 5.60. The van der Waals surface area contributed by atoms with Crippen LogP contribution >= 0.6 is 23.4 Å². The summed E-state index contributed by atoms with van der Waals surface area (Å²) >= 11 is 7.31. The second-order valence-corrected chi connectivity index (χ2v) is 8.54. The molecule has 0 N–H and O–H groups in total. The largest absolute Gasteiger partial charge is 0.341 e. The third-order valence-electron chi connectivity index (χ3n) is 4.32. The number of nitrogens with zero attached hydrogens (tertiary/aromatic N) is 5. The van der Waals surface area contributed by atoms with Crippen LogP contribution in [0.2, 0.25) is 5.02 Å². The normalized spacial score (nSPS) is 22.0. The number of carbonyl (C=O) groups is 1. The Bertz CT molecular complexity index is 725. The molecule has 3 atom stereocenters. The third kappa shape index (κ3) is 4.33. The van der Waals surface area contributed by atoms with Gasteiger partial charge in [-0.3, -0.25) is 4.79 Å². The number of benzene rings is 1. The van der Waals surface area contributed by atoms with E-state index < -0.39 is 0 Å². The highest BCUT2D eigenvalue weighted by molar-refractivity contribution is 8.00. The molecule has 1 aromatic heterocycles. The van der Waals surface area contributed by atoms with Crippen LogP contribution in [-0.2, 0) is 4.79 Å². The Kier molecular flexibility index (Phi) is 5.64. The van der Waals surface area contributed by atoms with Crippen molar-refractivity contribution in [3.05, 3.63) is 29.3 Å². The maximum Gasteiger partial charge on any atom is 0.235 e. The first-order valence-corrected chi connectivity index (χ1v) is 9.69. The predicted molar refractivity (Wildman–Crippen MR) is 99.0 cm³/mol. The summed E-state index contributed by atoms with van der Waals surface area (Å²) in [6, 6.07) is 7.28. The van der Waals surface area contributed by atoms with E-state index in [0.29, 0.717) is 22.0 Å². The zero-order chi connectivity index (χ0) is 18.0. The number of carbonyl (C=O) groups excluding carboxylic acids is 1. The summed E-state index contributed by atoms with van der Waals surface area (Å²) in [6.45, 7) is 7.98. The van der Waals surface area contributed by atoms with Crippen LogP contribution in [0.5, 0.6) is 0 Å². The first-order chi connectivity index (χ1) is 11.9. The first-order valence-electron chi connectivity index (χ1n) is 8.43. The number of likely N-dealkylation sites (tertiary alicyclic amines) is 1. The number of hydrogen-bond acceptors (Lipinski definition) is 5. The Morgan fingerprint density at radius 3 is 2.52 bits per heavy atom. The molecule has 134 valence electrons. The summed E-state index contributed by atoms with van der Waals surface area (Å²) in [5.74, 6) is 1.24. The Labute approximate surface area is 156 Å². The number of aromatic nitrogens is 4. The highest BCUT2D eigenvalue weighted by atomic mass is 35.5. The number of tetrazole rings is 1. The minimum Gasteiger partial charge on any atom is -0.341 e. The summed E-state index contributed by atoms with van der Waals surface area (Å²) < 4.78 is 1.63. The molecule has 0 unspecified atom stereocenters. The van der Waals surface area contributed by atoms with Gasteiger partial charge in [0.05, 0.1) is 10.9 Å². The van der Waals surface area contributed by atoms with Crippen LogP contribution in [0, 0.1) is 11.8 Å². The molecule has 0 radical (unpaired) electrons. The van der Waals surface area contributed by atoms with Crippen molar-refractivity contribution in [2.45, 2.75) is 37.6 Å². The quantitative estimate of drug-likeness (QED) is 0.762. The van der Waals surface area contributed by atoms with Gasteiger partial charge in [0.1, 0.15) is 0 Å². The minimum atomic E-state index is -0.241. The Morgan fingerprint density at radius 2 is 1.88 bits per heavy atom. The van der Waals surface area contributed by atoms with Crippen molar-refractivity contribution < 1.29 is 4.79 Å². The molecule has 1 aliphatic heterocycles. The highest BCUT2D eigenvalue weighted by Gasteiger charge is 2.29. The van der Waals surface area contributed by atoms with Gasteiger partial charge in [0.15, 0.2) is 0 Å². The Balaban J connectivity index is 1.71. The molecule has 25 heavy (non-hydrogen) atoms. The predicted octanol–water partition coefficient (Wildman–Crippen LogP) is 3.30. The molecule has 1 aromatic carbocycles. The fourth-order valence-electron chi connectivity index (χ4n) is 3.31. The lowest BCUT2D eigenvalue weighted by atomic mass is 9.92. The Hall–Kier alpha value is -1.60. The highest BCUT2D eigenvalue weighted by Crippen LogP contribution is 2.27. The van der Waals surface area contributed by atoms with Gasteiger partial charge < -0.3 is 4.90 Å². The molecule has 2 heterocycles. The van der Waals surface area contributed by atoms with E-state index in [0.717, 1.165) is 18.8 Å². The monoisotopic (exact) mass is 379 g/mol. The van der Waals surface area contributed by atoms with E-state index in [1.807, 2.05) is 24.0 Å². The number of amides is 1. The molecule has 0 aliphatic carbocycles. The number of hydrogen-bond donors (Lipinski definition) is 0. The molecule has 1 fully saturated rings. The summed E-state index contributed by atoms with van der Waals surface area (Å²) in [7, 11) is 0. The number of rotatable bonds is 4.